The summed E-state index contributed by atoms with van der Waals surface area (Å²) in [6.45, 7) is 24.2. The molecule has 0 aliphatic heterocycles. The summed E-state index contributed by atoms with van der Waals surface area (Å²) in [6.07, 6.45) is 14.6. The van der Waals surface area contributed by atoms with Crippen LogP contribution in [0.3, 0.4) is 0 Å². The van der Waals surface area contributed by atoms with E-state index in [1.165, 1.54) is 76.2 Å². The van der Waals surface area contributed by atoms with Gasteiger partial charge in [0.25, 0.3) is 0 Å². The Morgan fingerprint density at radius 3 is 2.39 bits per heavy atom. The summed E-state index contributed by atoms with van der Waals surface area (Å²) >= 11 is 0. The smallest absolute Gasteiger partial charge is 0.0248 e. The van der Waals surface area contributed by atoms with E-state index >= 15 is 0 Å². The quantitative estimate of drug-likeness (QED) is 0.402. The van der Waals surface area contributed by atoms with Crippen molar-refractivity contribution < 1.29 is 0 Å². The summed E-state index contributed by atoms with van der Waals surface area (Å²) in [5.74, 6) is 3.91. The molecule has 1 heteroatoms. The number of rotatable bonds is 7. The van der Waals surface area contributed by atoms with Crippen LogP contribution in [0.15, 0.2) is 12.2 Å². The van der Waals surface area contributed by atoms with Gasteiger partial charge in [0.15, 0.2) is 0 Å². The Morgan fingerprint density at radius 1 is 1.13 bits per heavy atom. The number of nitrogens with two attached hydrogens (primary N) is 1. The normalized spacial score (nSPS) is 48.5. The molecular formula is C30H55N. The molecule has 31 heavy (non-hydrogen) atoms. The van der Waals surface area contributed by atoms with Crippen molar-refractivity contribution in [1.29, 1.82) is 0 Å². The average molecular weight is 430 g/mol. The summed E-state index contributed by atoms with van der Waals surface area (Å²) < 4.78 is 0. The van der Waals surface area contributed by atoms with E-state index in [2.05, 4.69) is 62.0 Å². The summed E-state index contributed by atoms with van der Waals surface area (Å²) in [6, 6.07) is 0. The summed E-state index contributed by atoms with van der Waals surface area (Å²) in [5, 5.41) is 0. The highest BCUT2D eigenvalue weighted by atomic mass is 14.9. The topological polar surface area (TPSA) is 26.0 Å². The van der Waals surface area contributed by atoms with Crippen LogP contribution in [0.1, 0.15) is 126 Å². The van der Waals surface area contributed by atoms with Crippen LogP contribution < -0.4 is 5.73 Å². The first-order valence-electron chi connectivity index (χ1n) is 13.8. The van der Waals surface area contributed by atoms with E-state index in [9.17, 15) is 0 Å². The zero-order chi connectivity index (χ0) is 23.2. The molecule has 0 bridgehead atoms. The molecule has 3 fully saturated rings. The number of fused-ring (bicyclic) bond motifs is 3. The number of hydrogen-bond donors (Lipinski definition) is 1. The fourth-order valence-electron chi connectivity index (χ4n) is 9.92. The SMILES string of the molecule is C=C(C)CC[C@@H](C)[C@H]1CCCC2[C@@H]3[C@@H](C)C[C@](C)(CCC)[C@](C)(CC)[C@@]3(N)CC[C@@]21C. The first-order valence-corrected chi connectivity index (χ1v) is 13.8. The second kappa shape index (κ2) is 8.81. The summed E-state index contributed by atoms with van der Waals surface area (Å²) in [5.41, 5.74) is 10.2. The van der Waals surface area contributed by atoms with E-state index in [-0.39, 0.29) is 11.0 Å². The summed E-state index contributed by atoms with van der Waals surface area (Å²) in [4.78, 5) is 0. The van der Waals surface area contributed by atoms with Gasteiger partial charge in [-0.15, -0.1) is 6.58 Å². The van der Waals surface area contributed by atoms with Gasteiger partial charge < -0.3 is 5.73 Å². The van der Waals surface area contributed by atoms with E-state index < -0.39 is 0 Å². The molecule has 3 rings (SSSR count). The Bertz CT molecular complexity index is 653. The lowest BCUT2D eigenvalue weighted by molar-refractivity contribution is -0.200. The summed E-state index contributed by atoms with van der Waals surface area (Å²) in [7, 11) is 0. The highest BCUT2D eigenvalue weighted by Crippen LogP contribution is 2.71. The fourth-order valence-corrected chi connectivity index (χ4v) is 9.92. The molecule has 9 atom stereocenters. The molecule has 0 aromatic heterocycles. The third-order valence-electron chi connectivity index (χ3n) is 11.8. The molecule has 0 aromatic carbocycles. The van der Waals surface area contributed by atoms with E-state index in [0.717, 1.165) is 23.7 Å². The van der Waals surface area contributed by atoms with Gasteiger partial charge in [0.1, 0.15) is 0 Å². The van der Waals surface area contributed by atoms with Crippen LogP contribution in [-0.4, -0.2) is 5.54 Å². The van der Waals surface area contributed by atoms with E-state index in [0.29, 0.717) is 16.7 Å². The largest absolute Gasteiger partial charge is 0.324 e. The van der Waals surface area contributed by atoms with Crippen molar-refractivity contribution in [2.75, 3.05) is 0 Å². The van der Waals surface area contributed by atoms with Crippen LogP contribution in [0, 0.1) is 45.8 Å². The molecule has 3 aliphatic carbocycles. The molecule has 0 aromatic rings. The molecule has 0 saturated heterocycles. The van der Waals surface area contributed by atoms with Crippen LogP contribution in [0.4, 0.5) is 0 Å². The molecule has 0 amide bonds. The lowest BCUT2D eigenvalue weighted by atomic mass is 9.35. The van der Waals surface area contributed by atoms with Crippen LogP contribution in [0.2, 0.25) is 0 Å². The third-order valence-corrected chi connectivity index (χ3v) is 11.8. The molecule has 1 unspecified atom stereocenters. The lowest BCUT2D eigenvalue weighted by Crippen LogP contribution is -2.74. The molecule has 3 saturated carbocycles. The Hall–Kier alpha value is -0.300. The Labute approximate surface area is 195 Å². The molecule has 0 spiro atoms. The zero-order valence-corrected chi connectivity index (χ0v) is 22.4. The third kappa shape index (κ3) is 3.77. The van der Waals surface area contributed by atoms with E-state index in [1.807, 2.05) is 0 Å². The molecular weight excluding hydrogens is 374 g/mol. The maximum Gasteiger partial charge on any atom is 0.0248 e. The number of allylic oxidation sites excluding steroid dienone is 1. The van der Waals surface area contributed by atoms with Gasteiger partial charge in [-0.1, -0.05) is 66.9 Å². The van der Waals surface area contributed by atoms with Gasteiger partial charge in [-0.3, -0.25) is 0 Å². The molecule has 180 valence electrons. The monoisotopic (exact) mass is 429 g/mol. The van der Waals surface area contributed by atoms with Gasteiger partial charge in [0, 0.05) is 5.54 Å². The second-order valence-corrected chi connectivity index (χ2v) is 13.4. The molecule has 0 heterocycles. The van der Waals surface area contributed by atoms with E-state index in [1.54, 1.807) is 0 Å². The average Bonchev–Trinajstić information content (AvgIpc) is 2.70. The van der Waals surface area contributed by atoms with Gasteiger partial charge in [-0.2, -0.15) is 0 Å². The van der Waals surface area contributed by atoms with E-state index in [4.69, 9.17) is 5.73 Å². The minimum atomic E-state index is -0.00363. The minimum absolute atomic E-state index is 0.00363. The molecule has 3 aliphatic rings. The molecule has 2 N–H and O–H groups in total. The van der Waals surface area contributed by atoms with Gasteiger partial charge in [0.05, 0.1) is 0 Å². The first-order chi connectivity index (χ1) is 14.4. The van der Waals surface area contributed by atoms with Crippen molar-refractivity contribution in [3.05, 3.63) is 12.2 Å². The van der Waals surface area contributed by atoms with Crippen molar-refractivity contribution in [2.24, 2.45) is 51.6 Å². The van der Waals surface area contributed by atoms with Crippen LogP contribution in [0.25, 0.3) is 0 Å². The Kier molecular flexibility index (Phi) is 7.20. The van der Waals surface area contributed by atoms with Crippen molar-refractivity contribution >= 4 is 0 Å². The predicted octanol–water partition coefficient (Wildman–Crippen LogP) is 8.77. The standard InChI is InChI=1S/C30H55N/c1-10-17-27(7)20-23(6)26-25-14-12-13-24(22(5)16-15-21(3)4)28(25,8)18-19-30(26,31)29(27,9)11-2/h22-26H,3,10-20,31H2,1-2,4-9H3/t22-,23+,24-,25?,26+,27+,28-,29+,30-/m1/s1. The van der Waals surface area contributed by atoms with Crippen molar-refractivity contribution in [2.45, 2.75) is 132 Å². The molecule has 1 nitrogen and oxygen atoms in total. The van der Waals surface area contributed by atoms with Gasteiger partial charge in [-0.05, 0) is 111 Å². The fraction of sp³-hybridized carbons (Fsp3) is 0.933. The van der Waals surface area contributed by atoms with Gasteiger partial charge >= 0.3 is 0 Å². The van der Waals surface area contributed by atoms with Crippen LogP contribution in [0.5, 0.6) is 0 Å². The van der Waals surface area contributed by atoms with Crippen LogP contribution >= 0.6 is 0 Å². The second-order valence-electron chi connectivity index (χ2n) is 13.4. The predicted molar refractivity (Wildman–Crippen MR) is 137 cm³/mol. The van der Waals surface area contributed by atoms with Gasteiger partial charge in [-0.25, -0.2) is 0 Å². The highest BCUT2D eigenvalue weighted by molar-refractivity contribution is 5.20. The Balaban J connectivity index is 1.97. The maximum atomic E-state index is 7.72. The zero-order valence-electron chi connectivity index (χ0n) is 22.4. The van der Waals surface area contributed by atoms with Crippen molar-refractivity contribution in [3.8, 4) is 0 Å². The minimum Gasteiger partial charge on any atom is -0.324 e. The number of hydrogen-bond acceptors (Lipinski definition) is 1. The van der Waals surface area contributed by atoms with Gasteiger partial charge in [0.2, 0.25) is 0 Å². The maximum absolute atomic E-state index is 7.72. The van der Waals surface area contributed by atoms with Crippen molar-refractivity contribution in [3.63, 3.8) is 0 Å². The first kappa shape index (κ1) is 25.3. The molecule has 0 radical (unpaired) electrons. The van der Waals surface area contributed by atoms with Crippen molar-refractivity contribution in [1.82, 2.24) is 0 Å². The van der Waals surface area contributed by atoms with Crippen LogP contribution in [-0.2, 0) is 0 Å². The highest BCUT2D eigenvalue weighted by Gasteiger charge is 2.68. The lowest BCUT2D eigenvalue weighted by Gasteiger charge is -2.72. The Morgan fingerprint density at radius 2 is 1.81 bits per heavy atom.